The summed E-state index contributed by atoms with van der Waals surface area (Å²) in [5.74, 6) is 0.995. The lowest BCUT2D eigenvalue weighted by atomic mass is 10.1. The zero-order valence-electron chi connectivity index (χ0n) is 20.2. The van der Waals surface area contributed by atoms with Gasteiger partial charge >= 0.3 is 0 Å². The fourth-order valence-corrected chi connectivity index (χ4v) is 7.94. The first-order chi connectivity index (χ1) is 15.3. The second-order valence-electron chi connectivity index (χ2n) is 8.50. The van der Waals surface area contributed by atoms with Gasteiger partial charge in [0.15, 0.2) is 0 Å². The van der Waals surface area contributed by atoms with Crippen LogP contribution < -0.4 is 9.47 Å². The molecule has 1 atom stereocenters. The van der Waals surface area contributed by atoms with E-state index in [4.69, 9.17) is 9.47 Å². The number of aryl methyl sites for hydroxylation is 4. The van der Waals surface area contributed by atoms with Crippen LogP contribution in [0.1, 0.15) is 29.2 Å². The smallest absolute Gasteiger partial charge is 0.243 e. The van der Waals surface area contributed by atoms with E-state index in [-0.39, 0.29) is 29.4 Å². The molecule has 1 heterocycles. The Morgan fingerprint density at radius 2 is 1.18 bits per heavy atom. The van der Waals surface area contributed by atoms with Crippen LogP contribution in [0.3, 0.4) is 0 Å². The van der Waals surface area contributed by atoms with E-state index >= 15 is 0 Å². The van der Waals surface area contributed by atoms with E-state index < -0.39 is 26.1 Å². The minimum absolute atomic E-state index is 0.0548. The molecule has 0 N–H and O–H groups in total. The predicted octanol–water partition coefficient (Wildman–Crippen LogP) is 3.02. The van der Waals surface area contributed by atoms with Gasteiger partial charge in [-0.3, -0.25) is 0 Å². The molecule has 2 aromatic carbocycles. The van der Waals surface area contributed by atoms with Gasteiger partial charge in [-0.15, -0.1) is 0 Å². The van der Waals surface area contributed by atoms with Gasteiger partial charge in [-0.25, -0.2) is 16.8 Å². The Bertz CT molecular complexity index is 1270. The molecule has 0 saturated carbocycles. The molecule has 1 fully saturated rings. The topological polar surface area (TPSA) is 93.2 Å². The number of rotatable bonds is 6. The molecule has 0 unspecified atom stereocenters. The van der Waals surface area contributed by atoms with E-state index in [9.17, 15) is 16.8 Å². The molecular formula is C23H32N2O6S2. The zero-order chi connectivity index (χ0) is 24.7. The first kappa shape index (κ1) is 25.5. The number of methoxy groups -OCH3 is 2. The normalized spacial score (nSPS) is 18.3. The van der Waals surface area contributed by atoms with E-state index in [0.717, 1.165) is 11.1 Å². The third-order valence-electron chi connectivity index (χ3n) is 6.12. The van der Waals surface area contributed by atoms with Crippen molar-refractivity contribution >= 4 is 20.0 Å². The third-order valence-corrected chi connectivity index (χ3v) is 10.3. The Balaban J connectivity index is 1.91. The van der Waals surface area contributed by atoms with Gasteiger partial charge in [0.25, 0.3) is 0 Å². The molecular weight excluding hydrogens is 464 g/mol. The number of hydrogen-bond acceptors (Lipinski definition) is 6. The Morgan fingerprint density at radius 3 is 1.61 bits per heavy atom. The first-order valence-electron chi connectivity index (χ1n) is 10.7. The molecule has 182 valence electrons. The van der Waals surface area contributed by atoms with E-state index in [1.165, 1.54) is 35.0 Å². The van der Waals surface area contributed by atoms with E-state index in [2.05, 4.69) is 0 Å². The fourth-order valence-electron chi connectivity index (χ4n) is 4.37. The maximum Gasteiger partial charge on any atom is 0.243 e. The lowest BCUT2D eigenvalue weighted by molar-refractivity contribution is 0.212. The van der Waals surface area contributed by atoms with Crippen LogP contribution in [0.15, 0.2) is 34.1 Å². The summed E-state index contributed by atoms with van der Waals surface area (Å²) in [6, 6.07) is 6.10. The molecule has 1 aliphatic rings. The highest BCUT2D eigenvalue weighted by molar-refractivity contribution is 7.89. The number of sulfonamides is 2. The molecule has 1 saturated heterocycles. The maximum atomic E-state index is 13.5. The quantitative estimate of drug-likeness (QED) is 0.610. The highest BCUT2D eigenvalue weighted by Crippen LogP contribution is 2.32. The van der Waals surface area contributed by atoms with Crippen molar-refractivity contribution in [3.05, 3.63) is 46.5 Å². The van der Waals surface area contributed by atoms with Crippen molar-refractivity contribution in [3.8, 4) is 11.5 Å². The standard InChI is InChI=1S/C23H32N2O6S2/c1-15-10-17(3)22(12-20(15)30-6)32(26,27)24-8-9-25(19(5)14-24)33(28,29)23-13-21(31-7)16(2)11-18(23)4/h10-13,19H,8-9,14H2,1-7H3/t19-/m0/s1. The zero-order valence-corrected chi connectivity index (χ0v) is 21.8. The average molecular weight is 497 g/mol. The number of benzene rings is 2. The molecule has 10 heteroatoms. The van der Waals surface area contributed by atoms with Gasteiger partial charge in [-0.1, -0.05) is 12.1 Å². The monoisotopic (exact) mass is 496 g/mol. The summed E-state index contributed by atoms with van der Waals surface area (Å²) in [5.41, 5.74) is 2.94. The molecule has 0 amide bonds. The summed E-state index contributed by atoms with van der Waals surface area (Å²) in [5, 5.41) is 0. The van der Waals surface area contributed by atoms with Crippen molar-refractivity contribution in [3.63, 3.8) is 0 Å². The van der Waals surface area contributed by atoms with Crippen LogP contribution in [0, 0.1) is 27.7 Å². The van der Waals surface area contributed by atoms with Crippen LogP contribution in [-0.4, -0.2) is 65.3 Å². The first-order valence-corrected chi connectivity index (χ1v) is 13.5. The minimum atomic E-state index is -3.84. The van der Waals surface area contributed by atoms with Crippen molar-refractivity contribution in [1.82, 2.24) is 8.61 Å². The molecule has 8 nitrogen and oxygen atoms in total. The van der Waals surface area contributed by atoms with Crippen molar-refractivity contribution in [1.29, 1.82) is 0 Å². The van der Waals surface area contributed by atoms with Crippen LogP contribution in [0.25, 0.3) is 0 Å². The van der Waals surface area contributed by atoms with Crippen molar-refractivity contribution < 1.29 is 26.3 Å². The van der Waals surface area contributed by atoms with Gasteiger partial charge in [0.2, 0.25) is 20.0 Å². The molecule has 0 spiro atoms. The second kappa shape index (κ2) is 9.25. The molecule has 2 aromatic rings. The van der Waals surface area contributed by atoms with Crippen LogP contribution in [0.5, 0.6) is 11.5 Å². The van der Waals surface area contributed by atoms with Crippen LogP contribution in [0.4, 0.5) is 0 Å². The Labute approximate surface area is 197 Å². The Kier molecular flexibility index (Phi) is 7.14. The van der Waals surface area contributed by atoms with Crippen LogP contribution >= 0.6 is 0 Å². The molecule has 0 aliphatic carbocycles. The Morgan fingerprint density at radius 1 is 0.727 bits per heavy atom. The molecule has 1 aliphatic heterocycles. The molecule has 33 heavy (non-hydrogen) atoms. The Hall–Kier alpha value is -2.14. The van der Waals surface area contributed by atoms with Gasteiger partial charge in [0.05, 0.1) is 24.0 Å². The number of piperazine rings is 1. The highest BCUT2D eigenvalue weighted by atomic mass is 32.2. The number of nitrogens with zero attached hydrogens (tertiary/aromatic N) is 2. The predicted molar refractivity (Wildman–Crippen MR) is 127 cm³/mol. The van der Waals surface area contributed by atoms with Crippen molar-refractivity contribution in [2.75, 3.05) is 33.9 Å². The lowest BCUT2D eigenvalue weighted by Crippen LogP contribution is -2.55. The van der Waals surface area contributed by atoms with E-state index in [0.29, 0.717) is 22.6 Å². The van der Waals surface area contributed by atoms with Crippen molar-refractivity contribution in [2.24, 2.45) is 0 Å². The summed E-state index contributed by atoms with van der Waals surface area (Å²) in [6.07, 6.45) is 0. The van der Waals surface area contributed by atoms with Crippen LogP contribution in [-0.2, 0) is 20.0 Å². The van der Waals surface area contributed by atoms with Crippen molar-refractivity contribution in [2.45, 2.75) is 50.5 Å². The molecule has 3 rings (SSSR count). The lowest BCUT2D eigenvalue weighted by Gasteiger charge is -2.38. The number of ether oxygens (including phenoxy) is 2. The largest absolute Gasteiger partial charge is 0.496 e. The molecule has 0 radical (unpaired) electrons. The van der Waals surface area contributed by atoms with E-state index in [1.807, 2.05) is 13.8 Å². The summed E-state index contributed by atoms with van der Waals surface area (Å²) in [4.78, 5) is 0.347. The van der Waals surface area contributed by atoms with Gasteiger partial charge in [0.1, 0.15) is 11.5 Å². The minimum Gasteiger partial charge on any atom is -0.496 e. The van der Waals surface area contributed by atoms with Gasteiger partial charge in [-0.05, 0) is 56.9 Å². The number of hydrogen-bond donors (Lipinski definition) is 0. The summed E-state index contributed by atoms with van der Waals surface area (Å²) < 4.78 is 67.2. The SMILES string of the molecule is COc1cc(S(=O)(=O)N2CCN(S(=O)(=O)c3cc(OC)c(C)cc3C)[C@@H](C)C2)c(C)cc1C. The summed E-state index contributed by atoms with van der Waals surface area (Å²) in [7, 11) is -4.65. The van der Waals surface area contributed by atoms with Gasteiger partial charge in [-0.2, -0.15) is 8.61 Å². The molecule has 0 bridgehead atoms. The summed E-state index contributed by atoms with van der Waals surface area (Å²) in [6.45, 7) is 9.10. The highest BCUT2D eigenvalue weighted by Gasteiger charge is 2.39. The second-order valence-corrected chi connectivity index (χ2v) is 12.3. The van der Waals surface area contributed by atoms with Gasteiger partial charge < -0.3 is 9.47 Å². The van der Waals surface area contributed by atoms with Crippen LogP contribution in [0.2, 0.25) is 0 Å². The van der Waals surface area contributed by atoms with Gasteiger partial charge in [0, 0.05) is 37.8 Å². The summed E-state index contributed by atoms with van der Waals surface area (Å²) >= 11 is 0. The average Bonchev–Trinajstić information content (AvgIpc) is 2.73. The third kappa shape index (κ3) is 4.62. The fraction of sp³-hybridized carbons (Fsp3) is 0.478. The molecule has 0 aromatic heterocycles. The maximum absolute atomic E-state index is 13.5. The van der Waals surface area contributed by atoms with E-state index in [1.54, 1.807) is 32.9 Å².